The number of methoxy groups -OCH3 is 1. The van der Waals surface area contributed by atoms with Gasteiger partial charge in [0.2, 0.25) is 5.91 Å². The molecule has 1 unspecified atom stereocenters. The lowest BCUT2D eigenvalue weighted by Crippen LogP contribution is -2.25. The molecule has 5 heteroatoms. The Balaban J connectivity index is 2.00. The summed E-state index contributed by atoms with van der Waals surface area (Å²) in [4.78, 5) is 12.2. The average molecular weight is 366 g/mol. The molecule has 1 N–H and O–H groups in total. The smallest absolute Gasteiger partial charge is 0.237 e. The molecule has 0 saturated carbocycles. The molecule has 2 aromatic carbocycles. The van der Waals surface area contributed by atoms with Gasteiger partial charge in [-0.15, -0.1) is 0 Å². The first-order valence-corrected chi connectivity index (χ1v) is 7.77. The van der Waals surface area contributed by atoms with Crippen molar-refractivity contribution in [3.8, 4) is 5.75 Å². The molecule has 21 heavy (non-hydrogen) atoms. The van der Waals surface area contributed by atoms with Gasteiger partial charge >= 0.3 is 0 Å². The van der Waals surface area contributed by atoms with Gasteiger partial charge in [0.15, 0.2) is 0 Å². The molecule has 1 atom stereocenters. The molecule has 0 radical (unpaired) electrons. The largest absolute Gasteiger partial charge is 0.495 e. The third kappa shape index (κ3) is 4.51. The van der Waals surface area contributed by atoms with Crippen LogP contribution in [0.1, 0.15) is 5.56 Å². The number of rotatable bonds is 5. The summed E-state index contributed by atoms with van der Waals surface area (Å²) in [5.41, 5.74) is 1.77. The fourth-order valence-corrected chi connectivity index (χ4v) is 2.58. The molecule has 1 amide bonds. The van der Waals surface area contributed by atoms with E-state index in [1.807, 2.05) is 42.5 Å². The van der Waals surface area contributed by atoms with Crippen LogP contribution in [0.5, 0.6) is 5.75 Å². The second-order valence-corrected chi connectivity index (χ2v) is 6.02. The Bertz CT molecular complexity index is 619. The number of hydrogen-bond donors (Lipinski definition) is 2. The molecule has 0 bridgehead atoms. The average Bonchev–Trinajstić information content (AvgIpc) is 2.50. The van der Waals surface area contributed by atoms with Crippen LogP contribution in [0.25, 0.3) is 0 Å². The minimum atomic E-state index is -0.401. The van der Waals surface area contributed by atoms with Crippen LogP contribution in [-0.4, -0.2) is 18.3 Å². The summed E-state index contributed by atoms with van der Waals surface area (Å²) < 4.78 is 6.05. The zero-order valence-electron chi connectivity index (χ0n) is 11.5. The summed E-state index contributed by atoms with van der Waals surface area (Å²) >= 11 is 7.76. The number of carbonyl (C=O) groups excluding carboxylic acids is 1. The van der Waals surface area contributed by atoms with Gasteiger partial charge in [0.1, 0.15) is 5.75 Å². The van der Waals surface area contributed by atoms with Gasteiger partial charge < -0.3 is 10.1 Å². The molecular weight excluding hydrogens is 350 g/mol. The highest BCUT2D eigenvalue weighted by Gasteiger charge is 2.15. The quantitative estimate of drug-likeness (QED) is 0.787. The van der Waals surface area contributed by atoms with Gasteiger partial charge in [-0.2, -0.15) is 12.6 Å². The van der Waals surface area contributed by atoms with E-state index in [-0.39, 0.29) is 5.91 Å². The molecule has 0 aliphatic carbocycles. The van der Waals surface area contributed by atoms with Crippen molar-refractivity contribution >= 4 is 40.2 Å². The first kappa shape index (κ1) is 15.9. The number of anilines is 1. The van der Waals surface area contributed by atoms with Crippen LogP contribution in [0.3, 0.4) is 0 Å². The molecule has 0 fully saturated rings. The van der Waals surface area contributed by atoms with Crippen LogP contribution in [0.4, 0.5) is 5.69 Å². The minimum Gasteiger partial charge on any atom is -0.495 e. The first-order chi connectivity index (χ1) is 10.1. The van der Waals surface area contributed by atoms with Gasteiger partial charge in [0.05, 0.1) is 16.8 Å². The molecule has 0 heterocycles. The van der Waals surface area contributed by atoms with E-state index in [1.165, 1.54) is 0 Å². The minimum absolute atomic E-state index is 0.133. The van der Waals surface area contributed by atoms with E-state index in [2.05, 4.69) is 33.9 Å². The van der Waals surface area contributed by atoms with Gasteiger partial charge in [-0.1, -0.05) is 30.3 Å². The highest BCUT2D eigenvalue weighted by molar-refractivity contribution is 9.10. The second-order valence-electron chi connectivity index (χ2n) is 4.54. The molecule has 0 aliphatic rings. The fraction of sp³-hybridized carbons (Fsp3) is 0.188. The van der Waals surface area contributed by atoms with Gasteiger partial charge in [0, 0.05) is 11.8 Å². The van der Waals surface area contributed by atoms with Crippen molar-refractivity contribution in [3.05, 3.63) is 58.6 Å². The number of halogens is 1. The predicted molar refractivity (Wildman–Crippen MR) is 92.2 cm³/mol. The maximum absolute atomic E-state index is 12.2. The standard InChI is InChI=1S/C16H16BrNO2S/c1-20-14-10-12(7-8-13(14)17)18-16(19)15(21)9-11-5-3-2-4-6-11/h2-8,10,15,21H,9H2,1H3,(H,18,19). The number of thiol groups is 1. The van der Waals surface area contributed by atoms with Crippen LogP contribution < -0.4 is 10.1 Å². The zero-order valence-corrected chi connectivity index (χ0v) is 14.0. The number of carbonyl (C=O) groups is 1. The van der Waals surface area contributed by atoms with E-state index in [9.17, 15) is 4.79 Å². The van der Waals surface area contributed by atoms with E-state index in [1.54, 1.807) is 13.2 Å². The lowest BCUT2D eigenvalue weighted by Gasteiger charge is -2.13. The Kier molecular flexibility index (Phi) is 5.70. The van der Waals surface area contributed by atoms with Crippen LogP contribution in [0.2, 0.25) is 0 Å². The summed E-state index contributed by atoms with van der Waals surface area (Å²) in [6.07, 6.45) is 0.587. The Morgan fingerprint density at radius 3 is 2.67 bits per heavy atom. The molecule has 0 aliphatic heterocycles. The Morgan fingerprint density at radius 1 is 1.29 bits per heavy atom. The third-order valence-electron chi connectivity index (χ3n) is 2.99. The fourth-order valence-electron chi connectivity index (χ4n) is 1.89. The van der Waals surface area contributed by atoms with Crippen molar-refractivity contribution < 1.29 is 9.53 Å². The number of amides is 1. The monoisotopic (exact) mass is 365 g/mol. The molecule has 2 aromatic rings. The molecule has 0 spiro atoms. The summed E-state index contributed by atoms with van der Waals surface area (Å²) in [5, 5.41) is 2.45. The Morgan fingerprint density at radius 2 is 2.00 bits per heavy atom. The van der Waals surface area contributed by atoms with Crippen LogP contribution >= 0.6 is 28.6 Å². The Hall–Kier alpha value is -1.46. The highest BCUT2D eigenvalue weighted by Crippen LogP contribution is 2.28. The summed E-state index contributed by atoms with van der Waals surface area (Å²) in [7, 11) is 1.59. The van der Waals surface area contributed by atoms with Crippen molar-refractivity contribution in [2.75, 3.05) is 12.4 Å². The van der Waals surface area contributed by atoms with Gasteiger partial charge in [-0.05, 0) is 40.0 Å². The van der Waals surface area contributed by atoms with E-state index in [4.69, 9.17) is 4.74 Å². The second kappa shape index (κ2) is 7.52. The highest BCUT2D eigenvalue weighted by atomic mass is 79.9. The number of ether oxygens (including phenoxy) is 1. The molecule has 0 aromatic heterocycles. The molecule has 0 saturated heterocycles. The van der Waals surface area contributed by atoms with Crippen molar-refractivity contribution in [1.82, 2.24) is 0 Å². The van der Waals surface area contributed by atoms with Crippen LogP contribution in [-0.2, 0) is 11.2 Å². The van der Waals surface area contributed by atoms with Crippen molar-refractivity contribution in [1.29, 1.82) is 0 Å². The van der Waals surface area contributed by atoms with Crippen molar-refractivity contribution in [3.63, 3.8) is 0 Å². The number of benzene rings is 2. The maximum Gasteiger partial charge on any atom is 0.237 e. The van der Waals surface area contributed by atoms with E-state index in [0.29, 0.717) is 17.9 Å². The number of hydrogen-bond acceptors (Lipinski definition) is 3. The molecular formula is C16H16BrNO2S. The number of nitrogens with one attached hydrogen (secondary N) is 1. The van der Waals surface area contributed by atoms with Gasteiger partial charge in [0.25, 0.3) is 0 Å². The van der Waals surface area contributed by atoms with Crippen LogP contribution in [0, 0.1) is 0 Å². The third-order valence-corrected chi connectivity index (χ3v) is 4.07. The van der Waals surface area contributed by atoms with Gasteiger partial charge in [-0.25, -0.2) is 0 Å². The molecule has 3 nitrogen and oxygen atoms in total. The molecule has 110 valence electrons. The van der Waals surface area contributed by atoms with Crippen molar-refractivity contribution in [2.24, 2.45) is 0 Å². The topological polar surface area (TPSA) is 38.3 Å². The first-order valence-electron chi connectivity index (χ1n) is 6.46. The maximum atomic E-state index is 12.2. The lowest BCUT2D eigenvalue weighted by molar-refractivity contribution is -0.115. The van der Waals surface area contributed by atoms with E-state index in [0.717, 1.165) is 10.0 Å². The molecule has 2 rings (SSSR count). The van der Waals surface area contributed by atoms with Crippen LogP contribution in [0.15, 0.2) is 53.0 Å². The summed E-state index contributed by atoms with van der Waals surface area (Å²) in [6, 6.07) is 15.2. The van der Waals surface area contributed by atoms with Gasteiger partial charge in [-0.3, -0.25) is 4.79 Å². The van der Waals surface area contributed by atoms with E-state index < -0.39 is 5.25 Å². The van der Waals surface area contributed by atoms with E-state index >= 15 is 0 Å². The SMILES string of the molecule is COc1cc(NC(=O)C(S)Cc2ccccc2)ccc1Br. The summed E-state index contributed by atoms with van der Waals surface area (Å²) in [5.74, 6) is 0.540. The lowest BCUT2D eigenvalue weighted by atomic mass is 10.1. The predicted octanol–water partition coefficient (Wildman–Crippen LogP) is 3.94. The normalized spacial score (nSPS) is 11.8. The Labute approximate surface area is 138 Å². The van der Waals surface area contributed by atoms with Crippen molar-refractivity contribution in [2.45, 2.75) is 11.7 Å². The summed E-state index contributed by atoms with van der Waals surface area (Å²) in [6.45, 7) is 0. The zero-order chi connectivity index (χ0) is 15.2.